The molecule has 6 heavy (non-hydrogen) atoms. The molecule has 2 N–H and O–H groups in total. The number of nitrogens with zero attached hydrogens (tertiary/aromatic N) is 1. The first-order valence-electron chi connectivity index (χ1n) is 1.56. The molecule has 1 unspecified atom stereocenters. The van der Waals surface area contributed by atoms with E-state index in [9.17, 15) is 0 Å². The molecule has 1 aliphatic heterocycles. The molecule has 0 saturated heterocycles. The van der Waals surface area contributed by atoms with Crippen molar-refractivity contribution in [1.29, 1.82) is 0 Å². The molecular formula is C2H4IN3. The summed E-state index contributed by atoms with van der Waals surface area (Å²) in [6, 6.07) is 0. The second-order valence-electron chi connectivity index (χ2n) is 0.903. The van der Waals surface area contributed by atoms with Crippen molar-refractivity contribution in [3.8, 4) is 0 Å². The van der Waals surface area contributed by atoms with Crippen LogP contribution in [-0.2, 0) is 0 Å². The van der Waals surface area contributed by atoms with E-state index in [0.29, 0.717) is 0 Å². The fraction of sp³-hybridized carbons (Fsp3) is 0.500. The van der Waals surface area contributed by atoms with Crippen LogP contribution in [0.3, 0.4) is 0 Å². The van der Waals surface area contributed by atoms with Crippen LogP contribution in [0.4, 0.5) is 0 Å². The van der Waals surface area contributed by atoms with Gasteiger partial charge in [0, 0.05) is 0 Å². The van der Waals surface area contributed by atoms with Crippen LogP contribution < -0.4 is 10.9 Å². The normalized spacial score (nSPS) is 30.5. The van der Waals surface area contributed by atoms with E-state index in [1.165, 1.54) is 0 Å². The van der Waals surface area contributed by atoms with Gasteiger partial charge in [0.2, 0.25) is 0 Å². The van der Waals surface area contributed by atoms with Crippen LogP contribution in [0, 0.1) is 0 Å². The number of hydrogen-bond donors (Lipinski definition) is 2. The number of nitrogens with one attached hydrogen (secondary N) is 2. The Balaban J connectivity index is 2.38. The maximum atomic E-state index is 3.88. The Kier molecular flexibility index (Phi) is 1.25. The lowest BCUT2D eigenvalue weighted by Crippen LogP contribution is -2.27. The Hall–Kier alpha value is 0.160. The summed E-state index contributed by atoms with van der Waals surface area (Å²) in [5.41, 5.74) is 5.56. The minimum atomic E-state index is 0.225. The second-order valence-corrected chi connectivity index (χ2v) is 2.08. The molecule has 0 bridgehead atoms. The third-order valence-corrected chi connectivity index (χ3v) is 1.11. The molecule has 1 rings (SSSR count). The fourth-order valence-corrected chi connectivity index (χ4v) is 0.587. The summed E-state index contributed by atoms with van der Waals surface area (Å²) in [6.07, 6.45) is 1.64. The summed E-state index contributed by atoms with van der Waals surface area (Å²) in [7, 11) is 0. The minimum absolute atomic E-state index is 0.225. The van der Waals surface area contributed by atoms with Gasteiger partial charge < -0.3 is 5.43 Å². The number of halogens is 1. The molecule has 1 aliphatic rings. The van der Waals surface area contributed by atoms with E-state index < -0.39 is 0 Å². The smallest absolute Gasteiger partial charge is 0.169 e. The van der Waals surface area contributed by atoms with Crippen molar-refractivity contribution in [2.75, 3.05) is 0 Å². The third-order valence-electron chi connectivity index (χ3n) is 0.472. The number of hydrogen-bond acceptors (Lipinski definition) is 3. The van der Waals surface area contributed by atoms with Gasteiger partial charge in [0.15, 0.2) is 4.17 Å². The Morgan fingerprint density at radius 1 is 1.83 bits per heavy atom. The molecule has 0 spiro atoms. The van der Waals surface area contributed by atoms with Crippen molar-refractivity contribution in [2.45, 2.75) is 4.17 Å². The van der Waals surface area contributed by atoms with Gasteiger partial charge in [0.25, 0.3) is 0 Å². The highest BCUT2D eigenvalue weighted by atomic mass is 127. The first kappa shape index (κ1) is 4.32. The molecule has 0 saturated carbocycles. The van der Waals surface area contributed by atoms with Gasteiger partial charge in [-0.3, -0.25) is 0 Å². The average Bonchev–Trinajstić information content (AvgIpc) is 1.86. The van der Waals surface area contributed by atoms with E-state index in [1.54, 1.807) is 6.34 Å². The van der Waals surface area contributed by atoms with Crippen molar-refractivity contribution in [1.82, 2.24) is 10.9 Å². The van der Waals surface area contributed by atoms with Gasteiger partial charge in [0.05, 0.1) is 6.34 Å². The second kappa shape index (κ2) is 1.74. The first-order valence-corrected chi connectivity index (χ1v) is 2.81. The predicted molar refractivity (Wildman–Crippen MR) is 32.6 cm³/mol. The molecule has 0 aromatic rings. The molecule has 0 fully saturated rings. The maximum Gasteiger partial charge on any atom is 0.169 e. The third kappa shape index (κ3) is 0.810. The molecular weight excluding hydrogens is 193 g/mol. The molecule has 4 heteroatoms. The van der Waals surface area contributed by atoms with Gasteiger partial charge in [-0.1, -0.05) is 0 Å². The van der Waals surface area contributed by atoms with Gasteiger partial charge in [-0.25, -0.2) is 10.4 Å². The van der Waals surface area contributed by atoms with E-state index in [2.05, 4.69) is 38.4 Å². The zero-order valence-electron chi connectivity index (χ0n) is 2.98. The quantitative estimate of drug-likeness (QED) is 0.321. The van der Waals surface area contributed by atoms with Crippen LogP contribution in [0.2, 0.25) is 0 Å². The number of aliphatic imine (C=N–C) groups is 1. The summed E-state index contributed by atoms with van der Waals surface area (Å²) in [6.45, 7) is 0. The van der Waals surface area contributed by atoms with Crippen LogP contribution in [0.15, 0.2) is 4.99 Å². The molecule has 34 valence electrons. The van der Waals surface area contributed by atoms with Crippen molar-refractivity contribution >= 4 is 28.9 Å². The topological polar surface area (TPSA) is 36.4 Å². The van der Waals surface area contributed by atoms with Crippen LogP contribution in [0.25, 0.3) is 0 Å². The van der Waals surface area contributed by atoms with Gasteiger partial charge in [-0.05, 0) is 22.6 Å². The van der Waals surface area contributed by atoms with E-state index >= 15 is 0 Å². The summed E-state index contributed by atoms with van der Waals surface area (Å²) >= 11 is 2.16. The minimum Gasteiger partial charge on any atom is -0.310 e. The largest absolute Gasteiger partial charge is 0.310 e. The van der Waals surface area contributed by atoms with Gasteiger partial charge in [-0.15, -0.1) is 0 Å². The van der Waals surface area contributed by atoms with Crippen LogP contribution in [0.5, 0.6) is 0 Å². The summed E-state index contributed by atoms with van der Waals surface area (Å²) in [5.74, 6) is 0. The van der Waals surface area contributed by atoms with Gasteiger partial charge >= 0.3 is 0 Å². The highest BCUT2D eigenvalue weighted by molar-refractivity contribution is 14.1. The monoisotopic (exact) mass is 197 g/mol. The van der Waals surface area contributed by atoms with E-state index in [1.807, 2.05) is 0 Å². The average molecular weight is 197 g/mol. The summed E-state index contributed by atoms with van der Waals surface area (Å²) in [5, 5.41) is 0. The van der Waals surface area contributed by atoms with E-state index in [4.69, 9.17) is 0 Å². The van der Waals surface area contributed by atoms with E-state index in [-0.39, 0.29) is 4.17 Å². The first-order chi connectivity index (χ1) is 2.89. The number of alkyl halides is 1. The maximum absolute atomic E-state index is 3.88. The zero-order valence-corrected chi connectivity index (χ0v) is 5.14. The van der Waals surface area contributed by atoms with Crippen molar-refractivity contribution in [3.05, 3.63) is 0 Å². The SMILES string of the molecule is IC1N=CNN1. The Bertz CT molecular complexity index is 71.2. The van der Waals surface area contributed by atoms with Gasteiger partial charge in [-0.2, -0.15) is 0 Å². The fourth-order valence-electron chi connectivity index (χ4n) is 0.246. The highest BCUT2D eigenvalue weighted by Gasteiger charge is 1.98. The molecule has 0 amide bonds. The number of rotatable bonds is 0. The Morgan fingerprint density at radius 3 is 2.83 bits per heavy atom. The number of hydrazine groups is 1. The van der Waals surface area contributed by atoms with E-state index in [0.717, 1.165) is 0 Å². The van der Waals surface area contributed by atoms with Crippen LogP contribution in [0.1, 0.15) is 0 Å². The molecule has 1 atom stereocenters. The molecule has 3 nitrogen and oxygen atoms in total. The lowest BCUT2D eigenvalue weighted by molar-refractivity contribution is 0.711. The molecule has 1 heterocycles. The molecule has 0 aromatic heterocycles. The summed E-state index contributed by atoms with van der Waals surface area (Å²) in [4.78, 5) is 3.88. The lowest BCUT2D eigenvalue weighted by Gasteiger charge is -1.91. The van der Waals surface area contributed by atoms with Crippen molar-refractivity contribution in [2.24, 2.45) is 4.99 Å². The molecule has 0 radical (unpaired) electrons. The van der Waals surface area contributed by atoms with Gasteiger partial charge in [0.1, 0.15) is 0 Å². The standard InChI is InChI=1S/C2H4IN3/c3-2-4-1-5-6-2/h1-2,6H,(H,4,5). The molecule has 0 aliphatic carbocycles. The molecule has 0 aromatic carbocycles. The summed E-state index contributed by atoms with van der Waals surface area (Å²) < 4.78 is 0.225. The van der Waals surface area contributed by atoms with Crippen molar-refractivity contribution in [3.63, 3.8) is 0 Å². The predicted octanol–water partition coefficient (Wildman–Crippen LogP) is -0.159. The highest BCUT2D eigenvalue weighted by Crippen LogP contribution is 1.95. The van der Waals surface area contributed by atoms with Crippen LogP contribution in [-0.4, -0.2) is 10.5 Å². The lowest BCUT2D eigenvalue weighted by atomic mass is 11.2. The Morgan fingerprint density at radius 2 is 2.67 bits per heavy atom. The van der Waals surface area contributed by atoms with Crippen LogP contribution >= 0.6 is 22.6 Å². The zero-order chi connectivity index (χ0) is 4.41. The van der Waals surface area contributed by atoms with Crippen molar-refractivity contribution < 1.29 is 0 Å². The Labute approximate surface area is 49.3 Å².